The summed E-state index contributed by atoms with van der Waals surface area (Å²) in [6.07, 6.45) is 2.86. The molecule has 0 spiro atoms. The van der Waals surface area contributed by atoms with Gasteiger partial charge in [-0.2, -0.15) is 0 Å². The average molecular weight is 271 g/mol. The van der Waals surface area contributed by atoms with E-state index in [-0.39, 0.29) is 5.91 Å². The van der Waals surface area contributed by atoms with Crippen molar-refractivity contribution in [2.45, 2.75) is 32.4 Å². The summed E-state index contributed by atoms with van der Waals surface area (Å²) < 4.78 is 11.2. The topological polar surface area (TPSA) is 42.7 Å². The highest BCUT2D eigenvalue weighted by atomic mass is 16.5. The number of carbonyl (C=O) groups excluding carboxylic acids is 1. The lowest BCUT2D eigenvalue weighted by molar-refractivity contribution is -0.126. The van der Waals surface area contributed by atoms with E-state index in [1.54, 1.807) is 11.2 Å². The van der Waals surface area contributed by atoms with Gasteiger partial charge in [0.15, 0.2) is 6.10 Å². The Labute approximate surface area is 118 Å². The van der Waals surface area contributed by atoms with E-state index in [0.29, 0.717) is 6.54 Å². The summed E-state index contributed by atoms with van der Waals surface area (Å²) in [7, 11) is 0. The van der Waals surface area contributed by atoms with Crippen LogP contribution in [0, 0.1) is 0 Å². The van der Waals surface area contributed by atoms with Crippen molar-refractivity contribution >= 4 is 11.6 Å². The number of fused-ring (bicyclic) bond motifs is 1. The lowest BCUT2D eigenvalue weighted by Crippen LogP contribution is -2.45. The second kappa shape index (κ2) is 5.41. The number of amides is 1. The van der Waals surface area contributed by atoms with Crippen molar-refractivity contribution in [2.24, 2.45) is 0 Å². The first-order valence-electron chi connectivity index (χ1n) is 6.89. The van der Waals surface area contributed by atoms with Crippen LogP contribution >= 0.6 is 0 Å². The third-order valence-corrected chi connectivity index (χ3v) is 3.41. The van der Waals surface area contributed by atoms with Crippen LogP contribution < -0.4 is 9.64 Å². The van der Waals surface area contributed by atoms with E-state index in [1.165, 1.54) is 0 Å². The minimum Gasteiger partial charge on any atom is -0.478 e. The van der Waals surface area contributed by atoms with Gasteiger partial charge >= 0.3 is 0 Å². The van der Waals surface area contributed by atoms with Crippen LogP contribution in [0.2, 0.25) is 0 Å². The number of para-hydroxylation sites is 2. The molecule has 0 bridgehead atoms. The van der Waals surface area contributed by atoms with Crippen molar-refractivity contribution in [3.05, 3.63) is 48.4 Å². The number of nitrogens with zero attached hydrogens (tertiary/aromatic N) is 1. The van der Waals surface area contributed by atoms with Gasteiger partial charge in [-0.05, 0) is 30.7 Å². The molecule has 0 fully saturated rings. The minimum absolute atomic E-state index is 0.00181. The zero-order valence-electron chi connectivity index (χ0n) is 11.4. The standard InChI is InChI=1S/C16H17NO3/c1-2-6-15-16(18)17(11-12-7-5-10-19-12)13-8-3-4-9-14(13)20-15/h3-5,7-10,15H,2,6,11H2,1H3. The van der Waals surface area contributed by atoms with Gasteiger partial charge in [-0.3, -0.25) is 9.69 Å². The van der Waals surface area contributed by atoms with Gasteiger partial charge in [0.05, 0.1) is 18.5 Å². The summed E-state index contributed by atoms with van der Waals surface area (Å²) in [5.74, 6) is 1.53. The summed E-state index contributed by atoms with van der Waals surface area (Å²) >= 11 is 0. The number of carbonyl (C=O) groups is 1. The second-order valence-electron chi connectivity index (χ2n) is 4.87. The smallest absolute Gasteiger partial charge is 0.268 e. The molecular weight excluding hydrogens is 254 g/mol. The predicted molar refractivity (Wildman–Crippen MR) is 75.7 cm³/mol. The molecule has 0 radical (unpaired) electrons. The Kier molecular flexibility index (Phi) is 3.46. The summed E-state index contributed by atoms with van der Waals surface area (Å²) in [6.45, 7) is 2.49. The Morgan fingerprint density at radius 3 is 2.80 bits per heavy atom. The Morgan fingerprint density at radius 1 is 1.20 bits per heavy atom. The third-order valence-electron chi connectivity index (χ3n) is 3.41. The number of hydrogen-bond acceptors (Lipinski definition) is 3. The molecule has 0 saturated heterocycles. The average Bonchev–Trinajstić information content (AvgIpc) is 2.97. The molecule has 1 aromatic heterocycles. The molecule has 20 heavy (non-hydrogen) atoms. The van der Waals surface area contributed by atoms with Crippen LogP contribution in [0.3, 0.4) is 0 Å². The van der Waals surface area contributed by atoms with Crippen molar-refractivity contribution in [1.82, 2.24) is 0 Å². The molecule has 0 saturated carbocycles. The molecule has 104 valence electrons. The molecule has 4 heteroatoms. The number of furan rings is 1. The first kappa shape index (κ1) is 12.8. The molecule has 2 heterocycles. The molecule has 1 aromatic carbocycles. The van der Waals surface area contributed by atoms with Crippen molar-refractivity contribution < 1.29 is 13.9 Å². The Balaban J connectivity index is 1.94. The van der Waals surface area contributed by atoms with E-state index < -0.39 is 6.10 Å². The van der Waals surface area contributed by atoms with E-state index in [9.17, 15) is 4.79 Å². The number of hydrogen-bond donors (Lipinski definition) is 0. The molecular formula is C16H17NO3. The van der Waals surface area contributed by atoms with Crippen molar-refractivity contribution in [3.63, 3.8) is 0 Å². The molecule has 4 nitrogen and oxygen atoms in total. The van der Waals surface area contributed by atoms with E-state index in [0.717, 1.165) is 30.0 Å². The SMILES string of the molecule is CCCC1Oc2ccccc2N(Cc2ccco2)C1=O. The monoisotopic (exact) mass is 271 g/mol. The lowest BCUT2D eigenvalue weighted by atomic mass is 10.1. The largest absolute Gasteiger partial charge is 0.478 e. The van der Waals surface area contributed by atoms with Crippen LogP contribution in [-0.4, -0.2) is 12.0 Å². The zero-order valence-corrected chi connectivity index (χ0v) is 11.4. The van der Waals surface area contributed by atoms with Gasteiger partial charge in [0.1, 0.15) is 11.5 Å². The quantitative estimate of drug-likeness (QED) is 0.856. The maximum Gasteiger partial charge on any atom is 0.268 e. The Bertz CT molecular complexity index is 592. The van der Waals surface area contributed by atoms with Crippen molar-refractivity contribution in [1.29, 1.82) is 0 Å². The molecule has 1 aliphatic heterocycles. The maximum atomic E-state index is 12.6. The fourth-order valence-corrected chi connectivity index (χ4v) is 2.44. The predicted octanol–water partition coefficient (Wildman–Crippen LogP) is 3.37. The normalized spacial score (nSPS) is 17.8. The van der Waals surface area contributed by atoms with E-state index in [4.69, 9.17) is 9.15 Å². The van der Waals surface area contributed by atoms with Gasteiger partial charge in [-0.15, -0.1) is 0 Å². The van der Waals surface area contributed by atoms with Gasteiger partial charge in [-0.1, -0.05) is 25.5 Å². The summed E-state index contributed by atoms with van der Waals surface area (Å²) in [6, 6.07) is 11.3. The maximum absolute atomic E-state index is 12.6. The summed E-state index contributed by atoms with van der Waals surface area (Å²) in [5, 5.41) is 0. The van der Waals surface area contributed by atoms with Crippen molar-refractivity contribution in [2.75, 3.05) is 4.90 Å². The number of ether oxygens (including phenoxy) is 1. The molecule has 2 aromatic rings. The van der Waals surface area contributed by atoms with E-state index in [2.05, 4.69) is 0 Å². The van der Waals surface area contributed by atoms with Crippen LogP contribution in [0.1, 0.15) is 25.5 Å². The molecule has 1 amide bonds. The molecule has 3 rings (SSSR count). The van der Waals surface area contributed by atoms with Gasteiger partial charge in [0, 0.05) is 0 Å². The summed E-state index contributed by atoms with van der Waals surface area (Å²) in [4.78, 5) is 14.3. The van der Waals surface area contributed by atoms with Crippen molar-refractivity contribution in [3.8, 4) is 5.75 Å². The molecule has 0 aliphatic carbocycles. The fourth-order valence-electron chi connectivity index (χ4n) is 2.44. The van der Waals surface area contributed by atoms with Crippen LogP contribution in [0.5, 0.6) is 5.75 Å². The van der Waals surface area contributed by atoms with Crippen LogP contribution in [0.25, 0.3) is 0 Å². The van der Waals surface area contributed by atoms with Gasteiger partial charge in [0.2, 0.25) is 0 Å². The summed E-state index contributed by atoms with van der Waals surface area (Å²) in [5.41, 5.74) is 0.807. The molecule has 0 N–H and O–H groups in total. The zero-order chi connectivity index (χ0) is 13.9. The highest BCUT2D eigenvalue weighted by Crippen LogP contribution is 2.35. The highest BCUT2D eigenvalue weighted by Gasteiger charge is 2.33. The lowest BCUT2D eigenvalue weighted by Gasteiger charge is -2.33. The number of anilines is 1. The van der Waals surface area contributed by atoms with Gasteiger partial charge in [-0.25, -0.2) is 0 Å². The van der Waals surface area contributed by atoms with Crippen LogP contribution in [0.15, 0.2) is 47.1 Å². The van der Waals surface area contributed by atoms with E-state index in [1.807, 2.05) is 43.3 Å². The van der Waals surface area contributed by atoms with Gasteiger partial charge < -0.3 is 9.15 Å². The van der Waals surface area contributed by atoms with Crippen LogP contribution in [0.4, 0.5) is 5.69 Å². The Hall–Kier alpha value is -2.23. The highest BCUT2D eigenvalue weighted by molar-refractivity contribution is 5.99. The number of rotatable bonds is 4. The molecule has 1 aliphatic rings. The first-order chi connectivity index (χ1) is 9.79. The second-order valence-corrected chi connectivity index (χ2v) is 4.87. The number of benzene rings is 1. The minimum atomic E-state index is -0.398. The fraction of sp³-hybridized carbons (Fsp3) is 0.312. The van der Waals surface area contributed by atoms with Gasteiger partial charge in [0.25, 0.3) is 5.91 Å². The molecule has 1 unspecified atom stereocenters. The van der Waals surface area contributed by atoms with Crippen LogP contribution in [-0.2, 0) is 11.3 Å². The van der Waals surface area contributed by atoms with E-state index >= 15 is 0 Å². The molecule has 1 atom stereocenters. The Morgan fingerprint density at radius 2 is 2.05 bits per heavy atom. The third kappa shape index (κ3) is 2.29. The first-order valence-corrected chi connectivity index (χ1v) is 6.89.